The summed E-state index contributed by atoms with van der Waals surface area (Å²) in [5.74, 6) is 1.42. The average Bonchev–Trinajstić information content (AvgIpc) is 2.63. The van der Waals surface area contributed by atoms with Crippen LogP contribution in [0.5, 0.6) is 0 Å². The Morgan fingerprint density at radius 3 is 2.54 bits per heavy atom. The van der Waals surface area contributed by atoms with Gasteiger partial charge in [-0.1, -0.05) is 42.5 Å². The van der Waals surface area contributed by atoms with Crippen molar-refractivity contribution in [1.29, 1.82) is 0 Å². The van der Waals surface area contributed by atoms with Crippen molar-refractivity contribution < 1.29 is 9.69 Å². The molecule has 24 heavy (non-hydrogen) atoms. The number of quaternary nitrogens is 1. The highest BCUT2D eigenvalue weighted by molar-refractivity contribution is 5.78. The number of carbonyl (C=O) groups is 1. The van der Waals surface area contributed by atoms with E-state index in [9.17, 15) is 4.79 Å². The van der Waals surface area contributed by atoms with Gasteiger partial charge >= 0.3 is 0 Å². The first kappa shape index (κ1) is 17.2. The topological polar surface area (TPSA) is 24.8 Å². The zero-order valence-electron chi connectivity index (χ0n) is 14.9. The molecule has 130 valence electrons. The Bertz CT molecular complexity index is 546. The van der Waals surface area contributed by atoms with Crippen LogP contribution in [0.2, 0.25) is 0 Å². The highest BCUT2D eigenvalue weighted by Gasteiger charge is 2.30. The maximum atomic E-state index is 12.7. The van der Waals surface area contributed by atoms with E-state index in [0.29, 0.717) is 5.91 Å². The van der Waals surface area contributed by atoms with Crippen molar-refractivity contribution in [1.82, 2.24) is 4.90 Å². The van der Waals surface area contributed by atoms with E-state index in [2.05, 4.69) is 24.3 Å². The summed E-state index contributed by atoms with van der Waals surface area (Å²) in [6.45, 7) is 4.35. The predicted molar refractivity (Wildman–Crippen MR) is 97.7 cm³/mol. The fraction of sp³-hybridized carbons (Fsp3) is 0.571. The van der Waals surface area contributed by atoms with Crippen molar-refractivity contribution in [3.63, 3.8) is 0 Å². The van der Waals surface area contributed by atoms with Crippen LogP contribution < -0.4 is 4.90 Å². The Morgan fingerprint density at radius 2 is 1.88 bits per heavy atom. The number of hydrogen-bond donors (Lipinski definition) is 1. The maximum Gasteiger partial charge on any atom is 0.226 e. The number of rotatable bonds is 5. The van der Waals surface area contributed by atoms with Crippen LogP contribution in [0.1, 0.15) is 37.7 Å². The van der Waals surface area contributed by atoms with Crippen LogP contribution >= 0.6 is 0 Å². The lowest BCUT2D eigenvalue weighted by Crippen LogP contribution is -3.13. The van der Waals surface area contributed by atoms with E-state index in [4.69, 9.17) is 0 Å². The number of benzene rings is 1. The molecule has 1 aliphatic heterocycles. The summed E-state index contributed by atoms with van der Waals surface area (Å²) in [6, 6.07) is 10.3. The monoisotopic (exact) mass is 327 g/mol. The van der Waals surface area contributed by atoms with Crippen LogP contribution in [-0.4, -0.2) is 37.5 Å². The van der Waals surface area contributed by atoms with Crippen molar-refractivity contribution in [3.8, 4) is 0 Å². The van der Waals surface area contributed by atoms with E-state index in [1.165, 1.54) is 31.4 Å². The third-order valence-electron chi connectivity index (χ3n) is 5.64. The Labute approximate surface area is 146 Å². The molecule has 1 saturated heterocycles. The van der Waals surface area contributed by atoms with Gasteiger partial charge < -0.3 is 9.80 Å². The summed E-state index contributed by atoms with van der Waals surface area (Å²) >= 11 is 0. The summed E-state index contributed by atoms with van der Waals surface area (Å²) in [4.78, 5) is 16.3. The molecular formula is C21H31N2O+. The molecule has 1 atom stereocenters. The third kappa shape index (κ3) is 4.70. The van der Waals surface area contributed by atoms with Gasteiger partial charge in [-0.3, -0.25) is 4.79 Å². The Kier molecular flexibility index (Phi) is 6.08. The molecule has 1 aromatic rings. The Hall–Kier alpha value is -1.61. The number of nitrogens with one attached hydrogen (secondary N) is 1. The minimum atomic E-state index is 0.230. The van der Waals surface area contributed by atoms with Gasteiger partial charge in [-0.05, 0) is 24.8 Å². The van der Waals surface area contributed by atoms with Crippen molar-refractivity contribution in [2.45, 2.75) is 38.6 Å². The van der Waals surface area contributed by atoms with E-state index < -0.39 is 0 Å². The molecule has 2 aliphatic rings. The zero-order chi connectivity index (χ0) is 16.8. The molecule has 3 rings (SSSR count). The van der Waals surface area contributed by atoms with E-state index in [1.54, 1.807) is 4.90 Å². The standard InChI is InChI=1S/C21H30N2O/c1-22(16-18-8-4-2-5-9-18)21(24)20-12-14-23(15-13-20)17-19-10-6-3-7-11-19/h2-6,8-9,19-20H,7,10-17H2,1H3/p+1/t19-/m1/s1. The van der Waals surface area contributed by atoms with Crippen LogP contribution in [0.4, 0.5) is 0 Å². The molecule has 0 bridgehead atoms. The van der Waals surface area contributed by atoms with E-state index in [-0.39, 0.29) is 5.92 Å². The first-order valence-electron chi connectivity index (χ1n) is 9.50. The maximum absolute atomic E-state index is 12.7. The van der Waals surface area contributed by atoms with Gasteiger partial charge in [0.1, 0.15) is 0 Å². The summed E-state index contributed by atoms with van der Waals surface area (Å²) < 4.78 is 0. The average molecular weight is 327 g/mol. The minimum absolute atomic E-state index is 0.230. The zero-order valence-corrected chi connectivity index (χ0v) is 14.9. The van der Waals surface area contributed by atoms with Crippen LogP contribution in [0, 0.1) is 11.8 Å². The van der Waals surface area contributed by atoms with Crippen LogP contribution in [0.25, 0.3) is 0 Å². The molecule has 1 N–H and O–H groups in total. The van der Waals surface area contributed by atoms with Crippen molar-refractivity contribution in [3.05, 3.63) is 48.0 Å². The normalized spacial score (nSPS) is 27.0. The molecular weight excluding hydrogens is 296 g/mol. The second-order valence-corrected chi connectivity index (χ2v) is 7.56. The molecule has 3 heteroatoms. The van der Waals surface area contributed by atoms with Gasteiger partial charge in [0.2, 0.25) is 5.91 Å². The second kappa shape index (κ2) is 8.48. The molecule has 0 radical (unpaired) electrons. The number of piperidine rings is 1. The second-order valence-electron chi connectivity index (χ2n) is 7.56. The summed E-state index contributed by atoms with van der Waals surface area (Å²) in [7, 11) is 1.95. The van der Waals surface area contributed by atoms with Gasteiger partial charge in [0.25, 0.3) is 0 Å². The lowest BCUT2D eigenvalue weighted by molar-refractivity contribution is -0.909. The smallest absolute Gasteiger partial charge is 0.226 e. The molecule has 0 spiro atoms. The first-order chi connectivity index (χ1) is 11.7. The summed E-state index contributed by atoms with van der Waals surface area (Å²) in [6.07, 6.45) is 10.6. The largest absolute Gasteiger partial charge is 0.341 e. The van der Waals surface area contributed by atoms with Gasteiger partial charge in [0.05, 0.1) is 19.6 Å². The molecule has 3 nitrogen and oxygen atoms in total. The third-order valence-corrected chi connectivity index (χ3v) is 5.64. The van der Waals surface area contributed by atoms with Crippen molar-refractivity contribution in [2.24, 2.45) is 11.8 Å². The van der Waals surface area contributed by atoms with Gasteiger partial charge in [0, 0.05) is 38.3 Å². The number of amides is 1. The van der Waals surface area contributed by atoms with Gasteiger partial charge in [0.15, 0.2) is 0 Å². The Balaban J connectivity index is 1.43. The molecule has 0 saturated carbocycles. The van der Waals surface area contributed by atoms with Crippen molar-refractivity contribution >= 4 is 5.91 Å². The highest BCUT2D eigenvalue weighted by atomic mass is 16.2. The van der Waals surface area contributed by atoms with Crippen LogP contribution in [0.3, 0.4) is 0 Å². The fourth-order valence-corrected chi connectivity index (χ4v) is 4.17. The number of carbonyl (C=O) groups excluding carboxylic acids is 1. The molecule has 1 amide bonds. The number of allylic oxidation sites excluding steroid dienone is 2. The van der Waals surface area contributed by atoms with E-state index >= 15 is 0 Å². The molecule has 0 unspecified atom stereocenters. The fourth-order valence-electron chi connectivity index (χ4n) is 4.17. The SMILES string of the molecule is CN(Cc1ccccc1)C(=O)C1CC[NH+](C[C@@H]2CC=CCC2)CC1. The number of hydrogen-bond acceptors (Lipinski definition) is 1. The molecule has 0 aromatic heterocycles. The van der Waals surface area contributed by atoms with E-state index in [0.717, 1.165) is 38.4 Å². The minimum Gasteiger partial charge on any atom is -0.341 e. The highest BCUT2D eigenvalue weighted by Crippen LogP contribution is 2.18. The van der Waals surface area contributed by atoms with Crippen LogP contribution in [-0.2, 0) is 11.3 Å². The predicted octanol–water partition coefficient (Wildman–Crippen LogP) is 2.30. The van der Waals surface area contributed by atoms with Crippen molar-refractivity contribution in [2.75, 3.05) is 26.7 Å². The van der Waals surface area contributed by atoms with Gasteiger partial charge in [-0.2, -0.15) is 0 Å². The number of nitrogens with zero attached hydrogens (tertiary/aromatic N) is 1. The van der Waals surface area contributed by atoms with Gasteiger partial charge in [-0.25, -0.2) is 0 Å². The Morgan fingerprint density at radius 1 is 1.12 bits per heavy atom. The quantitative estimate of drug-likeness (QED) is 0.825. The summed E-state index contributed by atoms with van der Waals surface area (Å²) in [5, 5.41) is 0. The summed E-state index contributed by atoms with van der Waals surface area (Å²) in [5.41, 5.74) is 1.21. The lowest BCUT2D eigenvalue weighted by Gasteiger charge is -2.33. The molecule has 1 aromatic carbocycles. The molecule has 1 fully saturated rings. The van der Waals surface area contributed by atoms with E-state index in [1.807, 2.05) is 30.1 Å². The van der Waals surface area contributed by atoms with Gasteiger partial charge in [-0.15, -0.1) is 0 Å². The molecule has 1 aliphatic carbocycles. The van der Waals surface area contributed by atoms with Crippen LogP contribution in [0.15, 0.2) is 42.5 Å². The number of likely N-dealkylation sites (tertiary alicyclic amines) is 1. The molecule has 1 heterocycles. The first-order valence-corrected chi connectivity index (χ1v) is 9.50. The lowest BCUT2D eigenvalue weighted by atomic mass is 9.91.